The number of ether oxygens (including phenoxy) is 1. The van der Waals surface area contributed by atoms with Gasteiger partial charge in [-0.05, 0) is 26.2 Å². The van der Waals surface area contributed by atoms with Crippen LogP contribution in [0.2, 0.25) is 0 Å². The predicted octanol–water partition coefficient (Wildman–Crippen LogP) is 2.81. The molecule has 0 aliphatic rings. The second-order valence-electron chi connectivity index (χ2n) is 4.09. The molecule has 0 N–H and O–H groups in total. The van der Waals surface area contributed by atoms with Gasteiger partial charge in [-0.25, -0.2) is 0 Å². The standard InChI is InChI=1S/C11H22O2/c1-6-7-9(2)8-11(4,13-5)10(3)12/h9H,6-8H2,1-5H3. The second kappa shape index (κ2) is 5.38. The van der Waals surface area contributed by atoms with Gasteiger partial charge >= 0.3 is 0 Å². The average Bonchev–Trinajstić information content (AvgIpc) is 2.04. The maximum Gasteiger partial charge on any atom is 0.161 e. The van der Waals surface area contributed by atoms with E-state index in [2.05, 4.69) is 13.8 Å². The molecule has 0 rings (SSSR count). The largest absolute Gasteiger partial charge is 0.371 e. The third-order valence-corrected chi connectivity index (χ3v) is 2.71. The molecule has 0 aromatic rings. The molecule has 0 fully saturated rings. The van der Waals surface area contributed by atoms with Crippen molar-refractivity contribution >= 4 is 5.78 Å². The van der Waals surface area contributed by atoms with Crippen molar-refractivity contribution in [3.05, 3.63) is 0 Å². The van der Waals surface area contributed by atoms with Crippen LogP contribution in [0.25, 0.3) is 0 Å². The van der Waals surface area contributed by atoms with Crippen LogP contribution < -0.4 is 0 Å². The van der Waals surface area contributed by atoms with Gasteiger partial charge in [-0.15, -0.1) is 0 Å². The molecule has 0 saturated carbocycles. The Labute approximate surface area is 81.7 Å². The number of hydrogen-bond donors (Lipinski definition) is 0. The van der Waals surface area contributed by atoms with E-state index in [1.165, 1.54) is 6.42 Å². The normalized spacial score (nSPS) is 17.9. The maximum atomic E-state index is 11.3. The highest BCUT2D eigenvalue weighted by atomic mass is 16.5. The van der Waals surface area contributed by atoms with Gasteiger partial charge in [-0.1, -0.05) is 26.7 Å². The Morgan fingerprint density at radius 1 is 1.54 bits per heavy atom. The number of methoxy groups -OCH3 is 1. The number of ketones is 1. The van der Waals surface area contributed by atoms with Crippen molar-refractivity contribution in [1.29, 1.82) is 0 Å². The number of rotatable bonds is 6. The van der Waals surface area contributed by atoms with E-state index < -0.39 is 5.60 Å². The van der Waals surface area contributed by atoms with E-state index in [0.717, 1.165) is 12.8 Å². The molecule has 0 heterocycles. The van der Waals surface area contributed by atoms with E-state index in [4.69, 9.17) is 4.74 Å². The van der Waals surface area contributed by atoms with Crippen molar-refractivity contribution in [3.63, 3.8) is 0 Å². The molecule has 0 radical (unpaired) electrons. The molecular weight excluding hydrogens is 164 g/mol. The summed E-state index contributed by atoms with van der Waals surface area (Å²) < 4.78 is 5.27. The Balaban J connectivity index is 4.18. The van der Waals surface area contributed by atoms with Crippen molar-refractivity contribution < 1.29 is 9.53 Å². The van der Waals surface area contributed by atoms with E-state index in [1.54, 1.807) is 14.0 Å². The van der Waals surface area contributed by atoms with Crippen molar-refractivity contribution in [1.82, 2.24) is 0 Å². The summed E-state index contributed by atoms with van der Waals surface area (Å²) in [5.41, 5.74) is -0.575. The van der Waals surface area contributed by atoms with Crippen molar-refractivity contribution in [2.75, 3.05) is 7.11 Å². The fourth-order valence-corrected chi connectivity index (χ4v) is 1.63. The zero-order valence-electron chi connectivity index (χ0n) is 9.52. The quantitative estimate of drug-likeness (QED) is 0.637. The lowest BCUT2D eigenvalue weighted by Crippen LogP contribution is -2.37. The molecule has 0 aromatic heterocycles. The lowest BCUT2D eigenvalue weighted by molar-refractivity contribution is -0.138. The van der Waals surface area contributed by atoms with Crippen LogP contribution in [-0.2, 0) is 9.53 Å². The fraction of sp³-hybridized carbons (Fsp3) is 0.909. The summed E-state index contributed by atoms with van der Waals surface area (Å²) in [7, 11) is 1.61. The van der Waals surface area contributed by atoms with Gasteiger partial charge in [0.2, 0.25) is 0 Å². The van der Waals surface area contributed by atoms with E-state index in [9.17, 15) is 4.79 Å². The Morgan fingerprint density at radius 3 is 2.38 bits per heavy atom. The first-order chi connectivity index (χ1) is 5.96. The molecule has 2 nitrogen and oxygen atoms in total. The SMILES string of the molecule is CCCC(C)CC(C)(OC)C(C)=O. The summed E-state index contributed by atoms with van der Waals surface area (Å²) in [6, 6.07) is 0. The molecule has 0 saturated heterocycles. The van der Waals surface area contributed by atoms with E-state index in [-0.39, 0.29) is 5.78 Å². The molecule has 13 heavy (non-hydrogen) atoms. The molecule has 78 valence electrons. The van der Waals surface area contributed by atoms with Crippen molar-refractivity contribution in [2.45, 2.75) is 52.6 Å². The monoisotopic (exact) mass is 186 g/mol. The van der Waals surface area contributed by atoms with Crippen LogP contribution in [-0.4, -0.2) is 18.5 Å². The molecule has 2 unspecified atom stereocenters. The Kier molecular flexibility index (Phi) is 5.23. The zero-order valence-corrected chi connectivity index (χ0v) is 9.52. The maximum absolute atomic E-state index is 11.3. The number of carbonyl (C=O) groups is 1. The molecule has 0 aliphatic carbocycles. The fourth-order valence-electron chi connectivity index (χ4n) is 1.63. The van der Waals surface area contributed by atoms with Crippen LogP contribution in [0.15, 0.2) is 0 Å². The van der Waals surface area contributed by atoms with Crippen molar-refractivity contribution in [3.8, 4) is 0 Å². The molecule has 2 heteroatoms. The van der Waals surface area contributed by atoms with Gasteiger partial charge in [0, 0.05) is 7.11 Å². The van der Waals surface area contributed by atoms with Gasteiger partial charge < -0.3 is 4.74 Å². The minimum atomic E-state index is -0.575. The Morgan fingerprint density at radius 2 is 2.08 bits per heavy atom. The first-order valence-electron chi connectivity index (χ1n) is 5.02. The predicted molar refractivity (Wildman–Crippen MR) is 54.8 cm³/mol. The average molecular weight is 186 g/mol. The van der Waals surface area contributed by atoms with E-state index in [1.807, 2.05) is 6.92 Å². The molecule has 0 bridgehead atoms. The third kappa shape index (κ3) is 3.90. The summed E-state index contributed by atoms with van der Waals surface area (Å²) in [4.78, 5) is 11.3. The number of Topliss-reactive ketones (excluding diaryl/α,β-unsaturated/α-hetero) is 1. The smallest absolute Gasteiger partial charge is 0.161 e. The van der Waals surface area contributed by atoms with Crippen LogP contribution in [0.1, 0.15) is 47.0 Å². The first kappa shape index (κ1) is 12.6. The highest BCUT2D eigenvalue weighted by molar-refractivity contribution is 5.84. The van der Waals surface area contributed by atoms with Crippen LogP contribution in [0.5, 0.6) is 0 Å². The van der Waals surface area contributed by atoms with E-state index in [0.29, 0.717) is 5.92 Å². The summed E-state index contributed by atoms with van der Waals surface area (Å²) in [5, 5.41) is 0. The molecule has 2 atom stereocenters. The summed E-state index contributed by atoms with van der Waals surface area (Å²) in [6.07, 6.45) is 3.15. The Bertz CT molecular complexity index is 165. The summed E-state index contributed by atoms with van der Waals surface area (Å²) in [6.45, 7) is 7.81. The van der Waals surface area contributed by atoms with Crippen LogP contribution in [0, 0.1) is 5.92 Å². The molecule has 0 aromatic carbocycles. The van der Waals surface area contributed by atoms with Gasteiger partial charge in [-0.3, -0.25) is 4.79 Å². The number of hydrogen-bond acceptors (Lipinski definition) is 2. The van der Waals surface area contributed by atoms with Gasteiger partial charge in [-0.2, -0.15) is 0 Å². The minimum Gasteiger partial charge on any atom is -0.371 e. The second-order valence-corrected chi connectivity index (χ2v) is 4.09. The minimum absolute atomic E-state index is 0.123. The van der Waals surface area contributed by atoms with Crippen molar-refractivity contribution in [2.24, 2.45) is 5.92 Å². The topological polar surface area (TPSA) is 26.3 Å². The lowest BCUT2D eigenvalue weighted by Gasteiger charge is -2.28. The van der Waals surface area contributed by atoms with Crippen LogP contribution in [0.3, 0.4) is 0 Å². The van der Waals surface area contributed by atoms with Crippen LogP contribution >= 0.6 is 0 Å². The summed E-state index contributed by atoms with van der Waals surface area (Å²) >= 11 is 0. The zero-order chi connectivity index (χ0) is 10.5. The molecule has 0 amide bonds. The van der Waals surface area contributed by atoms with Crippen LogP contribution in [0.4, 0.5) is 0 Å². The first-order valence-corrected chi connectivity index (χ1v) is 5.02. The molecular formula is C11H22O2. The third-order valence-electron chi connectivity index (χ3n) is 2.71. The highest BCUT2D eigenvalue weighted by Crippen LogP contribution is 2.24. The van der Waals surface area contributed by atoms with Gasteiger partial charge in [0.1, 0.15) is 5.60 Å². The van der Waals surface area contributed by atoms with E-state index >= 15 is 0 Å². The highest BCUT2D eigenvalue weighted by Gasteiger charge is 2.30. The Hall–Kier alpha value is -0.370. The number of carbonyl (C=O) groups excluding carboxylic acids is 1. The van der Waals surface area contributed by atoms with Gasteiger partial charge in [0.15, 0.2) is 5.78 Å². The molecule has 0 aliphatic heterocycles. The summed E-state index contributed by atoms with van der Waals surface area (Å²) in [5.74, 6) is 0.678. The van der Waals surface area contributed by atoms with Gasteiger partial charge in [0.05, 0.1) is 0 Å². The molecule has 0 spiro atoms. The van der Waals surface area contributed by atoms with Gasteiger partial charge in [0.25, 0.3) is 0 Å². The lowest BCUT2D eigenvalue weighted by atomic mass is 9.87.